The maximum atomic E-state index is 13.3. The first-order valence-electron chi connectivity index (χ1n) is 10.9. The molecule has 1 aromatic carbocycles. The van der Waals surface area contributed by atoms with Gasteiger partial charge in [0.25, 0.3) is 5.91 Å². The average Bonchev–Trinajstić information content (AvgIpc) is 3.31. The number of carbonyl (C=O) groups is 3. The molecule has 1 N–H and O–H groups in total. The third-order valence-electron chi connectivity index (χ3n) is 6.20. The number of likely N-dealkylation sites (tertiary alicyclic amines) is 1. The van der Waals surface area contributed by atoms with E-state index in [0.717, 1.165) is 57.4 Å². The number of nitrogens with zero attached hydrogens (tertiary/aromatic N) is 3. The minimum Gasteiger partial charge on any atom is -0.383 e. The summed E-state index contributed by atoms with van der Waals surface area (Å²) in [6.07, 6.45) is 4.88. The van der Waals surface area contributed by atoms with Crippen LogP contribution in [0.2, 0.25) is 0 Å². The molecule has 162 valence electrons. The molecule has 0 aromatic heterocycles. The number of nitrogens with one attached hydrogen (secondary N) is 1. The third kappa shape index (κ3) is 4.01. The molecule has 3 aliphatic rings. The van der Waals surface area contributed by atoms with E-state index in [1.54, 1.807) is 18.1 Å². The number of hydrogen-bond acceptors (Lipinski definition) is 5. The van der Waals surface area contributed by atoms with Crippen molar-refractivity contribution in [2.24, 2.45) is 0 Å². The largest absolute Gasteiger partial charge is 0.383 e. The van der Waals surface area contributed by atoms with E-state index in [-0.39, 0.29) is 30.3 Å². The highest BCUT2D eigenvalue weighted by atomic mass is 16.5. The Kier molecular flexibility index (Phi) is 6.22. The van der Waals surface area contributed by atoms with Gasteiger partial charge in [-0.2, -0.15) is 0 Å². The van der Waals surface area contributed by atoms with Crippen LogP contribution in [0.25, 0.3) is 0 Å². The Morgan fingerprint density at radius 2 is 1.87 bits per heavy atom. The second kappa shape index (κ2) is 9.04. The van der Waals surface area contributed by atoms with E-state index in [2.05, 4.69) is 10.2 Å². The topological polar surface area (TPSA) is 82.2 Å². The second-order valence-electron chi connectivity index (χ2n) is 8.17. The van der Waals surface area contributed by atoms with Crippen LogP contribution in [0.15, 0.2) is 18.2 Å². The summed E-state index contributed by atoms with van der Waals surface area (Å²) in [6.45, 7) is 3.12. The number of anilines is 2. The van der Waals surface area contributed by atoms with Crippen LogP contribution in [0.5, 0.6) is 0 Å². The molecule has 8 heteroatoms. The smallest absolute Gasteiger partial charge is 0.253 e. The molecular weight excluding hydrogens is 384 g/mol. The van der Waals surface area contributed by atoms with Crippen LogP contribution < -0.4 is 15.1 Å². The predicted molar refractivity (Wildman–Crippen MR) is 114 cm³/mol. The van der Waals surface area contributed by atoms with Gasteiger partial charge >= 0.3 is 0 Å². The zero-order valence-electron chi connectivity index (χ0n) is 17.6. The molecule has 2 fully saturated rings. The standard InChI is InChI=1S/C22H30N4O4/c1-30-13-9-23-20(27)15-26-19-14-16(21(28)24-10-4-5-11-24)7-8-17(19)25-12-3-2-6-18(25)22(26)29/h7-8,14,18H,2-6,9-13,15H2,1H3,(H,23,27)/t18-/m0/s1. The van der Waals surface area contributed by atoms with Crippen molar-refractivity contribution >= 4 is 29.1 Å². The van der Waals surface area contributed by atoms with Crippen molar-refractivity contribution in [1.29, 1.82) is 0 Å². The number of rotatable bonds is 6. The van der Waals surface area contributed by atoms with Gasteiger partial charge in [0.05, 0.1) is 18.0 Å². The molecule has 0 unspecified atom stereocenters. The molecule has 3 aliphatic heterocycles. The van der Waals surface area contributed by atoms with Gasteiger partial charge in [-0.15, -0.1) is 0 Å². The SMILES string of the molecule is COCCNC(=O)CN1C(=O)[C@@H]2CCCCN2c2ccc(C(=O)N3CCCC3)cc21. The first-order chi connectivity index (χ1) is 14.6. The van der Waals surface area contributed by atoms with Crippen LogP contribution in [-0.2, 0) is 14.3 Å². The van der Waals surface area contributed by atoms with E-state index in [9.17, 15) is 14.4 Å². The lowest BCUT2D eigenvalue weighted by atomic mass is 9.95. The Labute approximate surface area is 177 Å². The van der Waals surface area contributed by atoms with Crippen molar-refractivity contribution < 1.29 is 19.1 Å². The van der Waals surface area contributed by atoms with E-state index in [1.807, 2.05) is 17.0 Å². The number of carbonyl (C=O) groups excluding carboxylic acids is 3. The van der Waals surface area contributed by atoms with E-state index in [1.165, 1.54) is 0 Å². The summed E-state index contributed by atoms with van der Waals surface area (Å²) < 4.78 is 4.98. The van der Waals surface area contributed by atoms with Crippen molar-refractivity contribution in [3.63, 3.8) is 0 Å². The van der Waals surface area contributed by atoms with Gasteiger partial charge in [0, 0.05) is 38.9 Å². The maximum absolute atomic E-state index is 13.3. The van der Waals surface area contributed by atoms with Gasteiger partial charge in [-0.05, 0) is 50.3 Å². The molecule has 0 bridgehead atoms. The molecule has 1 atom stereocenters. The Balaban J connectivity index is 1.63. The van der Waals surface area contributed by atoms with E-state index < -0.39 is 0 Å². The van der Waals surface area contributed by atoms with Gasteiger partial charge < -0.3 is 19.9 Å². The number of benzene rings is 1. The molecule has 1 aromatic rings. The fraction of sp³-hybridized carbons (Fsp3) is 0.591. The van der Waals surface area contributed by atoms with Gasteiger partial charge in [-0.25, -0.2) is 0 Å². The van der Waals surface area contributed by atoms with Crippen LogP contribution in [-0.4, -0.2) is 75.1 Å². The molecule has 8 nitrogen and oxygen atoms in total. The molecule has 0 radical (unpaired) electrons. The van der Waals surface area contributed by atoms with E-state index in [4.69, 9.17) is 4.74 Å². The number of ether oxygens (including phenoxy) is 1. The summed E-state index contributed by atoms with van der Waals surface area (Å²) in [5, 5.41) is 2.79. The summed E-state index contributed by atoms with van der Waals surface area (Å²) >= 11 is 0. The Bertz CT molecular complexity index is 821. The fourth-order valence-corrected chi connectivity index (χ4v) is 4.65. The molecule has 2 saturated heterocycles. The Hall–Kier alpha value is -2.61. The van der Waals surface area contributed by atoms with Crippen molar-refractivity contribution in [2.45, 2.75) is 38.1 Å². The number of fused-ring (bicyclic) bond motifs is 3. The van der Waals surface area contributed by atoms with Crippen LogP contribution in [0.3, 0.4) is 0 Å². The average molecular weight is 415 g/mol. The van der Waals surface area contributed by atoms with E-state index in [0.29, 0.717) is 24.4 Å². The summed E-state index contributed by atoms with van der Waals surface area (Å²) in [5.41, 5.74) is 2.16. The molecule has 3 amide bonds. The highest BCUT2D eigenvalue weighted by Crippen LogP contribution is 2.40. The third-order valence-corrected chi connectivity index (χ3v) is 6.20. The first-order valence-corrected chi connectivity index (χ1v) is 10.9. The monoisotopic (exact) mass is 414 g/mol. The van der Waals surface area contributed by atoms with E-state index >= 15 is 0 Å². The lowest BCUT2D eigenvalue weighted by molar-refractivity contribution is -0.125. The van der Waals surface area contributed by atoms with Crippen LogP contribution in [0.4, 0.5) is 11.4 Å². The molecule has 3 heterocycles. The van der Waals surface area contributed by atoms with Gasteiger partial charge in [0.1, 0.15) is 12.6 Å². The quantitative estimate of drug-likeness (QED) is 0.712. The van der Waals surface area contributed by atoms with Crippen molar-refractivity contribution in [3.8, 4) is 0 Å². The fourth-order valence-electron chi connectivity index (χ4n) is 4.65. The van der Waals surface area contributed by atoms with Crippen molar-refractivity contribution in [1.82, 2.24) is 10.2 Å². The highest BCUT2D eigenvalue weighted by molar-refractivity contribution is 6.09. The minimum atomic E-state index is -0.238. The highest BCUT2D eigenvalue weighted by Gasteiger charge is 2.40. The second-order valence-corrected chi connectivity index (χ2v) is 8.17. The zero-order valence-corrected chi connectivity index (χ0v) is 17.6. The Morgan fingerprint density at radius 3 is 2.63 bits per heavy atom. The van der Waals surface area contributed by atoms with Gasteiger partial charge in [0.2, 0.25) is 11.8 Å². The summed E-state index contributed by atoms with van der Waals surface area (Å²) in [6, 6.07) is 5.36. The summed E-state index contributed by atoms with van der Waals surface area (Å²) in [5.74, 6) is -0.297. The minimum absolute atomic E-state index is 0.00647. The zero-order chi connectivity index (χ0) is 21.1. The van der Waals surface area contributed by atoms with Gasteiger partial charge in [-0.3, -0.25) is 19.3 Å². The first kappa shape index (κ1) is 20.7. The summed E-state index contributed by atoms with van der Waals surface area (Å²) in [7, 11) is 1.58. The maximum Gasteiger partial charge on any atom is 0.253 e. The van der Waals surface area contributed by atoms with Crippen LogP contribution >= 0.6 is 0 Å². The Morgan fingerprint density at radius 1 is 1.10 bits per heavy atom. The van der Waals surface area contributed by atoms with Crippen LogP contribution in [0, 0.1) is 0 Å². The van der Waals surface area contributed by atoms with Crippen molar-refractivity contribution in [3.05, 3.63) is 23.8 Å². The number of methoxy groups -OCH3 is 1. The molecule has 4 rings (SSSR count). The number of piperidine rings is 1. The number of amides is 3. The number of hydrogen-bond donors (Lipinski definition) is 1. The van der Waals surface area contributed by atoms with Crippen LogP contribution in [0.1, 0.15) is 42.5 Å². The normalized spacial score (nSPS) is 20.8. The molecule has 30 heavy (non-hydrogen) atoms. The molecule has 0 aliphatic carbocycles. The lowest BCUT2D eigenvalue weighted by Crippen LogP contribution is -2.57. The lowest BCUT2D eigenvalue weighted by Gasteiger charge is -2.45. The predicted octanol–water partition coefficient (Wildman–Crippen LogP) is 1.39. The summed E-state index contributed by atoms with van der Waals surface area (Å²) in [4.78, 5) is 44.3. The molecule has 0 saturated carbocycles. The molecular formula is C22H30N4O4. The van der Waals surface area contributed by atoms with Gasteiger partial charge in [-0.1, -0.05) is 0 Å². The van der Waals surface area contributed by atoms with Gasteiger partial charge in [0.15, 0.2) is 0 Å². The molecule has 0 spiro atoms. The van der Waals surface area contributed by atoms with Crippen molar-refractivity contribution in [2.75, 3.05) is 56.2 Å².